The molecule has 1 unspecified atom stereocenters. The van der Waals surface area contributed by atoms with Crippen LogP contribution in [-0.4, -0.2) is 31.1 Å². The van der Waals surface area contributed by atoms with Crippen molar-refractivity contribution in [1.29, 1.82) is 0 Å². The lowest BCUT2D eigenvalue weighted by molar-refractivity contribution is 0.304. The molecule has 0 saturated carbocycles. The Bertz CT molecular complexity index is 311. The topological polar surface area (TPSA) is 15.3 Å². The fraction of sp³-hybridized carbons (Fsp3) is 0.571. The molecule has 0 radical (unpaired) electrons. The summed E-state index contributed by atoms with van der Waals surface area (Å²) in [4.78, 5) is 2.26. The zero-order valence-electron chi connectivity index (χ0n) is 11.0. The second-order valence-corrected chi connectivity index (χ2v) is 4.61. The van der Waals surface area contributed by atoms with E-state index in [1.807, 2.05) is 12.1 Å². The van der Waals surface area contributed by atoms with Crippen LogP contribution in [0.1, 0.15) is 25.8 Å². The molecule has 1 rings (SSSR count). The predicted octanol–water partition coefficient (Wildman–Crippen LogP) is 2.65. The quantitative estimate of drug-likeness (QED) is 0.785. The maximum Gasteiger partial charge on any atom is 0.123 e. The first-order valence-electron chi connectivity index (χ1n) is 6.28. The van der Waals surface area contributed by atoms with Crippen molar-refractivity contribution in [2.75, 3.05) is 20.1 Å². The number of nitrogens with zero attached hydrogens (tertiary/aromatic N) is 1. The van der Waals surface area contributed by atoms with Crippen LogP contribution in [0.5, 0.6) is 0 Å². The Morgan fingerprint density at radius 2 is 1.94 bits per heavy atom. The highest BCUT2D eigenvalue weighted by molar-refractivity contribution is 5.15. The first kappa shape index (κ1) is 14.1. The molecule has 0 spiro atoms. The van der Waals surface area contributed by atoms with Gasteiger partial charge < -0.3 is 10.2 Å². The molecular formula is C14H23FN2. The number of nitrogens with one attached hydrogen (secondary N) is 1. The molecule has 2 nitrogen and oxygen atoms in total. The van der Waals surface area contributed by atoms with Gasteiger partial charge in [-0.2, -0.15) is 0 Å². The highest BCUT2D eigenvalue weighted by Gasteiger charge is 2.04. The monoisotopic (exact) mass is 238 g/mol. The summed E-state index contributed by atoms with van der Waals surface area (Å²) in [5, 5.41) is 3.40. The van der Waals surface area contributed by atoms with Crippen molar-refractivity contribution < 1.29 is 4.39 Å². The Kier molecular flexibility index (Phi) is 6.16. The maximum atomic E-state index is 12.7. The van der Waals surface area contributed by atoms with Crippen LogP contribution in [0.3, 0.4) is 0 Å². The van der Waals surface area contributed by atoms with Crippen LogP contribution in [0.15, 0.2) is 24.3 Å². The molecule has 1 atom stereocenters. The molecule has 3 heteroatoms. The summed E-state index contributed by atoms with van der Waals surface area (Å²) in [6, 6.07) is 7.28. The van der Waals surface area contributed by atoms with E-state index in [0.29, 0.717) is 6.04 Å². The summed E-state index contributed by atoms with van der Waals surface area (Å²) < 4.78 is 12.7. The van der Waals surface area contributed by atoms with Gasteiger partial charge in [-0.1, -0.05) is 19.1 Å². The molecule has 0 heterocycles. The minimum absolute atomic E-state index is 0.169. The zero-order chi connectivity index (χ0) is 12.7. The highest BCUT2D eigenvalue weighted by atomic mass is 19.1. The van der Waals surface area contributed by atoms with Gasteiger partial charge in [0.1, 0.15) is 5.82 Å². The molecule has 0 aliphatic heterocycles. The predicted molar refractivity (Wildman–Crippen MR) is 70.5 cm³/mol. The number of rotatable bonds is 7. The third-order valence-electron chi connectivity index (χ3n) is 2.86. The van der Waals surface area contributed by atoms with Crippen molar-refractivity contribution in [3.05, 3.63) is 35.6 Å². The molecular weight excluding hydrogens is 215 g/mol. The number of halogens is 1. The van der Waals surface area contributed by atoms with Crippen LogP contribution >= 0.6 is 0 Å². The van der Waals surface area contributed by atoms with Crippen LogP contribution in [0.25, 0.3) is 0 Å². The van der Waals surface area contributed by atoms with Crippen molar-refractivity contribution >= 4 is 0 Å². The molecule has 0 bridgehead atoms. The van der Waals surface area contributed by atoms with Gasteiger partial charge in [-0.25, -0.2) is 4.39 Å². The third-order valence-corrected chi connectivity index (χ3v) is 2.86. The van der Waals surface area contributed by atoms with E-state index in [9.17, 15) is 4.39 Å². The lowest BCUT2D eigenvalue weighted by atomic mass is 10.2. The van der Waals surface area contributed by atoms with Gasteiger partial charge in [0, 0.05) is 12.6 Å². The van der Waals surface area contributed by atoms with Crippen molar-refractivity contribution in [2.45, 2.75) is 32.9 Å². The Morgan fingerprint density at radius 3 is 2.53 bits per heavy atom. The molecule has 1 aromatic carbocycles. The minimum Gasteiger partial charge on any atom is -0.314 e. The van der Waals surface area contributed by atoms with Gasteiger partial charge in [0.05, 0.1) is 0 Å². The van der Waals surface area contributed by atoms with Crippen LogP contribution in [0.2, 0.25) is 0 Å². The molecule has 0 fully saturated rings. The van der Waals surface area contributed by atoms with Gasteiger partial charge in [0.2, 0.25) is 0 Å². The van der Waals surface area contributed by atoms with Gasteiger partial charge >= 0.3 is 0 Å². The first-order chi connectivity index (χ1) is 8.11. The Morgan fingerprint density at radius 1 is 1.29 bits per heavy atom. The SMILES string of the molecule is CCNC(C)CCN(C)Cc1ccc(F)cc1. The van der Waals surface area contributed by atoms with Crippen LogP contribution in [-0.2, 0) is 6.54 Å². The summed E-state index contributed by atoms with van der Waals surface area (Å²) in [6.45, 7) is 7.27. The molecule has 0 aliphatic carbocycles. The van der Waals surface area contributed by atoms with Crippen LogP contribution in [0.4, 0.5) is 4.39 Å². The van der Waals surface area contributed by atoms with E-state index in [-0.39, 0.29) is 5.82 Å². The van der Waals surface area contributed by atoms with E-state index >= 15 is 0 Å². The van der Waals surface area contributed by atoms with E-state index in [4.69, 9.17) is 0 Å². The maximum absolute atomic E-state index is 12.7. The second kappa shape index (κ2) is 7.41. The first-order valence-corrected chi connectivity index (χ1v) is 6.28. The van der Waals surface area contributed by atoms with Gasteiger partial charge in [0.15, 0.2) is 0 Å². The van der Waals surface area contributed by atoms with E-state index in [0.717, 1.165) is 31.6 Å². The fourth-order valence-electron chi connectivity index (χ4n) is 1.85. The fourth-order valence-corrected chi connectivity index (χ4v) is 1.85. The molecule has 1 N–H and O–H groups in total. The van der Waals surface area contributed by atoms with E-state index in [1.54, 1.807) is 0 Å². The number of hydrogen-bond acceptors (Lipinski definition) is 2. The average molecular weight is 238 g/mol. The lowest BCUT2D eigenvalue weighted by Gasteiger charge is -2.19. The third kappa shape index (κ3) is 5.80. The molecule has 0 amide bonds. The number of benzene rings is 1. The van der Waals surface area contributed by atoms with Gasteiger partial charge in [-0.05, 0) is 51.2 Å². The molecule has 0 saturated heterocycles. The van der Waals surface area contributed by atoms with Crippen molar-refractivity contribution in [2.24, 2.45) is 0 Å². The summed E-state index contributed by atoms with van der Waals surface area (Å²) >= 11 is 0. The van der Waals surface area contributed by atoms with Crippen LogP contribution < -0.4 is 5.32 Å². The van der Waals surface area contributed by atoms with Gasteiger partial charge in [-0.15, -0.1) is 0 Å². The normalized spacial score (nSPS) is 13.0. The summed E-state index contributed by atoms with van der Waals surface area (Å²) in [5.41, 5.74) is 1.16. The smallest absolute Gasteiger partial charge is 0.123 e. The van der Waals surface area contributed by atoms with Gasteiger partial charge in [0.25, 0.3) is 0 Å². The Hall–Kier alpha value is -0.930. The molecule has 0 aliphatic rings. The van der Waals surface area contributed by atoms with Crippen molar-refractivity contribution in [1.82, 2.24) is 10.2 Å². The molecule has 1 aromatic rings. The highest BCUT2D eigenvalue weighted by Crippen LogP contribution is 2.06. The van der Waals surface area contributed by atoms with E-state index < -0.39 is 0 Å². The van der Waals surface area contributed by atoms with Crippen molar-refractivity contribution in [3.63, 3.8) is 0 Å². The summed E-state index contributed by atoms with van der Waals surface area (Å²) in [7, 11) is 2.10. The zero-order valence-corrected chi connectivity index (χ0v) is 11.0. The lowest BCUT2D eigenvalue weighted by Crippen LogP contribution is -2.30. The summed E-state index contributed by atoms with van der Waals surface area (Å²) in [5.74, 6) is -0.169. The Labute approximate surface area is 104 Å². The standard InChI is InChI=1S/C14H23FN2/c1-4-16-12(2)9-10-17(3)11-13-5-7-14(15)8-6-13/h5-8,12,16H,4,9-11H2,1-3H3. The minimum atomic E-state index is -0.169. The van der Waals surface area contributed by atoms with E-state index in [2.05, 4.69) is 31.1 Å². The van der Waals surface area contributed by atoms with Crippen LogP contribution in [0, 0.1) is 5.82 Å². The van der Waals surface area contributed by atoms with E-state index in [1.165, 1.54) is 12.1 Å². The largest absolute Gasteiger partial charge is 0.314 e. The number of hydrogen-bond donors (Lipinski definition) is 1. The van der Waals surface area contributed by atoms with Crippen molar-refractivity contribution in [3.8, 4) is 0 Å². The molecule has 96 valence electrons. The Balaban J connectivity index is 2.29. The second-order valence-electron chi connectivity index (χ2n) is 4.61. The molecule has 17 heavy (non-hydrogen) atoms. The van der Waals surface area contributed by atoms with Gasteiger partial charge in [-0.3, -0.25) is 0 Å². The molecule has 0 aromatic heterocycles. The average Bonchev–Trinajstić information content (AvgIpc) is 2.30. The summed E-state index contributed by atoms with van der Waals surface area (Å²) in [6.07, 6.45) is 1.13.